The second kappa shape index (κ2) is 10.3. The van der Waals surface area contributed by atoms with Crippen LogP contribution in [0.4, 0.5) is 13.6 Å². The molecule has 2 atom stereocenters. The fraction of sp³-hybridized carbons (Fsp3) is 0.269. The minimum absolute atomic E-state index is 0.0671. The molecule has 0 bridgehead atoms. The molecule has 0 aliphatic carbocycles. The van der Waals surface area contributed by atoms with Crippen molar-refractivity contribution in [2.45, 2.75) is 25.4 Å². The average Bonchev–Trinajstić information content (AvgIpc) is 3.21. The molecule has 1 aliphatic rings. The number of carbonyl (C=O) groups is 1. The molecule has 0 radical (unpaired) electrons. The molecule has 7 heteroatoms. The molecule has 0 aromatic heterocycles. The van der Waals surface area contributed by atoms with Gasteiger partial charge in [-0.15, -0.1) is 0 Å². The van der Waals surface area contributed by atoms with E-state index in [1.54, 1.807) is 11.0 Å². The van der Waals surface area contributed by atoms with Crippen LogP contribution in [0.2, 0.25) is 5.02 Å². The number of benzene rings is 3. The molecular formula is C26H25ClF2N2O2. The summed E-state index contributed by atoms with van der Waals surface area (Å²) < 4.78 is 33.0. The van der Waals surface area contributed by atoms with Crippen LogP contribution in [0.1, 0.15) is 24.0 Å². The largest absolute Gasteiger partial charge is 0.415 e. The first kappa shape index (κ1) is 23.2. The molecule has 172 valence electrons. The average molecular weight is 471 g/mol. The molecule has 3 aromatic rings. The number of ether oxygens (including phenoxy) is 1. The third kappa shape index (κ3) is 5.52. The van der Waals surface area contributed by atoms with Crippen LogP contribution in [-0.2, 0) is 6.54 Å². The summed E-state index contributed by atoms with van der Waals surface area (Å²) >= 11 is 5.90. The van der Waals surface area contributed by atoms with Gasteiger partial charge in [-0.3, -0.25) is 4.90 Å². The van der Waals surface area contributed by atoms with E-state index < -0.39 is 17.7 Å². The monoisotopic (exact) mass is 470 g/mol. The van der Waals surface area contributed by atoms with E-state index >= 15 is 0 Å². The van der Waals surface area contributed by atoms with Gasteiger partial charge in [0.2, 0.25) is 0 Å². The van der Waals surface area contributed by atoms with Gasteiger partial charge in [0.15, 0.2) is 0 Å². The van der Waals surface area contributed by atoms with Gasteiger partial charge in [0.25, 0.3) is 0 Å². The predicted molar refractivity (Wildman–Crippen MR) is 124 cm³/mol. The van der Waals surface area contributed by atoms with Crippen molar-refractivity contribution in [1.29, 1.82) is 0 Å². The molecule has 1 heterocycles. The van der Waals surface area contributed by atoms with Crippen molar-refractivity contribution in [1.82, 2.24) is 9.80 Å². The van der Waals surface area contributed by atoms with Crippen molar-refractivity contribution < 1.29 is 18.3 Å². The first-order valence-corrected chi connectivity index (χ1v) is 11.3. The number of hydrogen-bond acceptors (Lipinski definition) is 3. The van der Waals surface area contributed by atoms with Crippen molar-refractivity contribution in [3.05, 3.63) is 101 Å². The van der Waals surface area contributed by atoms with Crippen LogP contribution in [0.5, 0.6) is 5.75 Å². The first-order valence-electron chi connectivity index (χ1n) is 10.9. The predicted octanol–water partition coefficient (Wildman–Crippen LogP) is 6.11. The Kier molecular flexibility index (Phi) is 7.26. The smallest absolute Gasteiger partial charge is 0.410 e. The Morgan fingerprint density at radius 1 is 1.06 bits per heavy atom. The number of nitrogens with zero attached hydrogens (tertiary/aromatic N) is 2. The van der Waals surface area contributed by atoms with Gasteiger partial charge in [0, 0.05) is 32.1 Å². The van der Waals surface area contributed by atoms with Gasteiger partial charge in [0.1, 0.15) is 17.4 Å². The van der Waals surface area contributed by atoms with Crippen molar-refractivity contribution in [3.8, 4) is 5.75 Å². The second-order valence-electron chi connectivity index (χ2n) is 8.13. The Labute approximate surface area is 197 Å². The quantitative estimate of drug-likeness (QED) is 0.436. The molecular weight excluding hydrogens is 446 g/mol. The highest BCUT2D eigenvalue weighted by Crippen LogP contribution is 2.34. The lowest BCUT2D eigenvalue weighted by atomic mass is 9.93. The van der Waals surface area contributed by atoms with Crippen molar-refractivity contribution in [3.63, 3.8) is 0 Å². The third-order valence-electron chi connectivity index (χ3n) is 5.98. The number of carbonyl (C=O) groups excluding carboxylic acids is 1. The van der Waals surface area contributed by atoms with E-state index in [-0.39, 0.29) is 22.7 Å². The van der Waals surface area contributed by atoms with Gasteiger partial charge in [0.05, 0.1) is 11.1 Å². The Morgan fingerprint density at radius 2 is 1.79 bits per heavy atom. The molecule has 0 N–H and O–H groups in total. The molecule has 1 saturated heterocycles. The summed E-state index contributed by atoms with van der Waals surface area (Å²) in [5, 5.41) is 0.0671. The molecule has 3 aromatic carbocycles. The molecule has 0 spiro atoms. The minimum atomic E-state index is -0.518. The maximum absolute atomic E-state index is 14.3. The van der Waals surface area contributed by atoms with Crippen LogP contribution in [-0.4, -0.2) is 41.6 Å². The topological polar surface area (TPSA) is 32.8 Å². The van der Waals surface area contributed by atoms with Gasteiger partial charge in [-0.05, 0) is 54.4 Å². The van der Waals surface area contributed by atoms with Crippen LogP contribution < -0.4 is 4.74 Å². The number of likely N-dealkylation sites (tertiary alicyclic amines) is 1. The number of rotatable bonds is 6. The SMILES string of the molecule is CCN(C(=O)Oc1ccc(F)cc1)C1CN(Cc2ccccc2)CC1c1ccc(Cl)c(F)c1. The third-order valence-corrected chi connectivity index (χ3v) is 6.29. The Hall–Kier alpha value is -2.96. The summed E-state index contributed by atoms with van der Waals surface area (Å²) in [6.45, 7) is 4.27. The minimum Gasteiger partial charge on any atom is -0.410 e. The van der Waals surface area contributed by atoms with Crippen LogP contribution >= 0.6 is 11.6 Å². The standard InChI is InChI=1S/C26H25ClF2N2O2/c1-2-31(26(32)33-21-11-9-20(28)10-12-21)25-17-30(15-18-6-4-3-5-7-18)16-22(25)19-8-13-23(27)24(29)14-19/h3-14,22,25H,2,15-17H2,1H3. The highest BCUT2D eigenvalue weighted by Gasteiger charge is 2.40. The lowest BCUT2D eigenvalue weighted by Crippen LogP contribution is -2.45. The van der Waals surface area contributed by atoms with E-state index in [1.807, 2.05) is 31.2 Å². The molecule has 0 saturated carbocycles. The molecule has 2 unspecified atom stereocenters. The number of likely N-dealkylation sites (N-methyl/N-ethyl adjacent to an activating group) is 1. The van der Waals surface area contributed by atoms with E-state index in [0.717, 1.165) is 11.1 Å². The summed E-state index contributed by atoms with van der Waals surface area (Å²) in [5.41, 5.74) is 1.95. The highest BCUT2D eigenvalue weighted by atomic mass is 35.5. The number of amides is 1. The Bertz CT molecular complexity index is 1100. The maximum Gasteiger partial charge on any atom is 0.415 e. The van der Waals surface area contributed by atoms with Crippen LogP contribution in [0.25, 0.3) is 0 Å². The highest BCUT2D eigenvalue weighted by molar-refractivity contribution is 6.30. The van der Waals surface area contributed by atoms with Gasteiger partial charge >= 0.3 is 6.09 Å². The Balaban J connectivity index is 1.59. The fourth-order valence-electron chi connectivity index (χ4n) is 4.38. The van der Waals surface area contributed by atoms with Gasteiger partial charge in [-0.1, -0.05) is 48.0 Å². The summed E-state index contributed by atoms with van der Waals surface area (Å²) in [7, 11) is 0. The lowest BCUT2D eigenvalue weighted by Gasteiger charge is -2.31. The van der Waals surface area contributed by atoms with E-state index in [2.05, 4.69) is 17.0 Å². The fourth-order valence-corrected chi connectivity index (χ4v) is 4.50. The molecule has 33 heavy (non-hydrogen) atoms. The molecule has 4 rings (SSSR count). The van der Waals surface area contributed by atoms with Crippen LogP contribution in [0.15, 0.2) is 72.8 Å². The lowest BCUT2D eigenvalue weighted by molar-refractivity contribution is 0.131. The zero-order chi connectivity index (χ0) is 23.4. The summed E-state index contributed by atoms with van der Waals surface area (Å²) in [6.07, 6.45) is -0.518. The van der Waals surface area contributed by atoms with Crippen molar-refractivity contribution in [2.24, 2.45) is 0 Å². The van der Waals surface area contributed by atoms with E-state index in [1.165, 1.54) is 30.3 Å². The molecule has 4 nitrogen and oxygen atoms in total. The Morgan fingerprint density at radius 3 is 2.45 bits per heavy atom. The second-order valence-corrected chi connectivity index (χ2v) is 8.54. The van der Waals surface area contributed by atoms with E-state index in [0.29, 0.717) is 26.2 Å². The molecule has 1 amide bonds. The zero-order valence-corrected chi connectivity index (χ0v) is 19.0. The molecule has 1 fully saturated rings. The van der Waals surface area contributed by atoms with Crippen molar-refractivity contribution in [2.75, 3.05) is 19.6 Å². The summed E-state index contributed by atoms with van der Waals surface area (Å²) in [4.78, 5) is 17.0. The molecule has 1 aliphatic heterocycles. The summed E-state index contributed by atoms with van der Waals surface area (Å²) in [5.74, 6) is -0.736. The van der Waals surface area contributed by atoms with E-state index in [9.17, 15) is 13.6 Å². The van der Waals surface area contributed by atoms with Gasteiger partial charge in [-0.25, -0.2) is 13.6 Å². The number of hydrogen-bond donors (Lipinski definition) is 0. The van der Waals surface area contributed by atoms with Crippen LogP contribution in [0.3, 0.4) is 0 Å². The van der Waals surface area contributed by atoms with Gasteiger partial charge < -0.3 is 9.64 Å². The first-order chi connectivity index (χ1) is 15.9. The number of halogens is 3. The van der Waals surface area contributed by atoms with Crippen molar-refractivity contribution >= 4 is 17.7 Å². The maximum atomic E-state index is 14.3. The van der Waals surface area contributed by atoms with E-state index in [4.69, 9.17) is 16.3 Å². The normalized spacial score (nSPS) is 18.3. The zero-order valence-electron chi connectivity index (χ0n) is 18.3. The van der Waals surface area contributed by atoms with Gasteiger partial charge in [-0.2, -0.15) is 0 Å². The van der Waals surface area contributed by atoms with Crippen LogP contribution in [0, 0.1) is 11.6 Å². The summed E-state index contributed by atoms with van der Waals surface area (Å²) in [6, 6.07) is 20.0.